The van der Waals surface area contributed by atoms with Gasteiger partial charge in [0.05, 0.1) is 10.4 Å². The van der Waals surface area contributed by atoms with Crippen molar-refractivity contribution in [1.82, 2.24) is 4.37 Å². The molecule has 2 heteroatoms. The van der Waals surface area contributed by atoms with Crippen molar-refractivity contribution >= 4 is 27.2 Å². The highest BCUT2D eigenvalue weighted by Gasteiger charge is 2.04. The van der Waals surface area contributed by atoms with E-state index in [9.17, 15) is 0 Å². The number of allylic oxidation sites excluding steroid dienone is 1. The van der Waals surface area contributed by atoms with Crippen LogP contribution in [0.2, 0.25) is 0 Å². The van der Waals surface area contributed by atoms with Crippen LogP contribution in [0.3, 0.4) is 0 Å². The highest BCUT2D eigenvalue weighted by atomic mass is 32.1. The summed E-state index contributed by atoms with van der Waals surface area (Å²) in [5, 5.41) is 1.22. The molecule has 0 spiro atoms. The lowest BCUT2D eigenvalue weighted by molar-refractivity contribution is 1.48. The average Bonchev–Trinajstić information content (AvgIpc) is 2.47. The largest absolute Gasteiger partial charge is 0.192 e. The molecule has 1 heterocycles. The van der Waals surface area contributed by atoms with Crippen LogP contribution >= 0.6 is 11.5 Å². The summed E-state index contributed by atoms with van der Waals surface area (Å²) < 4.78 is 5.57. The van der Waals surface area contributed by atoms with Crippen molar-refractivity contribution in [3.63, 3.8) is 0 Å². The molecule has 0 fully saturated rings. The van der Waals surface area contributed by atoms with Gasteiger partial charge in [0.2, 0.25) is 0 Å². The molecule has 60 valence electrons. The second-order valence-electron chi connectivity index (χ2n) is 2.81. The van der Waals surface area contributed by atoms with E-state index in [0.29, 0.717) is 0 Å². The quantitative estimate of drug-likeness (QED) is 0.647. The lowest BCUT2D eigenvalue weighted by Gasteiger charge is -1.92. The third-order valence-electron chi connectivity index (χ3n) is 1.78. The topological polar surface area (TPSA) is 12.9 Å². The van der Waals surface area contributed by atoms with Gasteiger partial charge >= 0.3 is 0 Å². The van der Waals surface area contributed by atoms with E-state index in [-0.39, 0.29) is 0 Å². The smallest absolute Gasteiger partial charge is 0.0870 e. The van der Waals surface area contributed by atoms with Crippen molar-refractivity contribution in [3.8, 4) is 0 Å². The average molecular weight is 175 g/mol. The van der Waals surface area contributed by atoms with Gasteiger partial charge in [0, 0.05) is 5.39 Å². The molecule has 1 aromatic carbocycles. The second kappa shape index (κ2) is 2.72. The molecular formula is C10H9NS. The van der Waals surface area contributed by atoms with Gasteiger partial charge in [0.1, 0.15) is 0 Å². The minimum atomic E-state index is 1.03. The molecule has 0 N–H and O–H groups in total. The van der Waals surface area contributed by atoms with Gasteiger partial charge in [-0.25, -0.2) is 0 Å². The van der Waals surface area contributed by atoms with Crippen LogP contribution in [0.1, 0.15) is 12.6 Å². The Balaban J connectivity index is 2.79. The number of hydrogen-bond acceptors (Lipinski definition) is 2. The highest BCUT2D eigenvalue weighted by Crippen LogP contribution is 2.26. The summed E-state index contributed by atoms with van der Waals surface area (Å²) in [5.41, 5.74) is 2.07. The number of aromatic nitrogens is 1. The van der Waals surface area contributed by atoms with E-state index in [0.717, 1.165) is 11.3 Å². The molecule has 0 amide bonds. The monoisotopic (exact) mass is 175 g/mol. The summed E-state index contributed by atoms with van der Waals surface area (Å²) in [6, 6.07) is 8.23. The van der Waals surface area contributed by atoms with Crippen molar-refractivity contribution in [2.24, 2.45) is 0 Å². The van der Waals surface area contributed by atoms with Crippen LogP contribution < -0.4 is 0 Å². The summed E-state index contributed by atoms with van der Waals surface area (Å²) >= 11 is 1.53. The number of fused-ring (bicyclic) bond motifs is 1. The summed E-state index contributed by atoms with van der Waals surface area (Å²) in [6.07, 6.45) is 0. The maximum Gasteiger partial charge on any atom is 0.0870 e. The fraction of sp³-hybridized carbons (Fsp3) is 0.100. The Kier molecular flexibility index (Phi) is 1.70. The van der Waals surface area contributed by atoms with Gasteiger partial charge in [0.15, 0.2) is 0 Å². The second-order valence-corrected chi connectivity index (χ2v) is 3.61. The molecule has 0 radical (unpaired) electrons. The van der Waals surface area contributed by atoms with E-state index >= 15 is 0 Å². The van der Waals surface area contributed by atoms with E-state index in [1.165, 1.54) is 21.6 Å². The summed E-state index contributed by atoms with van der Waals surface area (Å²) in [6.45, 7) is 5.88. The first kappa shape index (κ1) is 7.50. The van der Waals surface area contributed by atoms with Crippen molar-refractivity contribution in [2.75, 3.05) is 0 Å². The van der Waals surface area contributed by atoms with Gasteiger partial charge in [-0.05, 0) is 30.1 Å². The molecule has 0 unspecified atom stereocenters. The number of hydrogen-bond donors (Lipinski definition) is 0. The van der Waals surface area contributed by atoms with E-state index in [1.54, 1.807) is 0 Å². The molecule has 2 aromatic rings. The van der Waals surface area contributed by atoms with Crippen LogP contribution in [-0.4, -0.2) is 4.37 Å². The molecule has 0 aliphatic carbocycles. The first-order valence-electron chi connectivity index (χ1n) is 3.79. The minimum Gasteiger partial charge on any atom is -0.192 e. The fourth-order valence-electron chi connectivity index (χ4n) is 1.19. The fourth-order valence-corrected chi connectivity index (χ4v) is 2.04. The maximum absolute atomic E-state index is 4.34. The molecule has 1 nitrogen and oxygen atoms in total. The molecule has 1 aromatic heterocycles. The predicted molar refractivity (Wildman–Crippen MR) is 54.3 cm³/mol. The van der Waals surface area contributed by atoms with E-state index < -0.39 is 0 Å². The molecule has 0 bridgehead atoms. The zero-order valence-electron chi connectivity index (χ0n) is 6.87. The molecule has 0 saturated carbocycles. The Morgan fingerprint density at radius 1 is 1.42 bits per heavy atom. The molecule has 0 atom stereocenters. The SMILES string of the molecule is C=C(C)c1nsc2ccccc12. The minimum absolute atomic E-state index is 1.03. The van der Waals surface area contributed by atoms with Gasteiger partial charge in [0.25, 0.3) is 0 Å². The van der Waals surface area contributed by atoms with Crippen LogP contribution in [0.5, 0.6) is 0 Å². The Morgan fingerprint density at radius 3 is 2.92 bits per heavy atom. The molecular weight excluding hydrogens is 166 g/mol. The third kappa shape index (κ3) is 1.04. The van der Waals surface area contributed by atoms with Crippen molar-refractivity contribution < 1.29 is 0 Å². The van der Waals surface area contributed by atoms with E-state index in [1.807, 2.05) is 19.1 Å². The summed E-state index contributed by atoms with van der Waals surface area (Å²) in [7, 11) is 0. The standard InChI is InChI=1S/C10H9NS/c1-7(2)10-8-5-3-4-6-9(8)12-11-10/h3-6H,1H2,2H3. The normalized spacial score (nSPS) is 10.4. The number of benzene rings is 1. The van der Waals surface area contributed by atoms with Gasteiger partial charge < -0.3 is 0 Å². The van der Waals surface area contributed by atoms with Crippen LogP contribution in [0.4, 0.5) is 0 Å². The number of rotatable bonds is 1. The Labute approximate surface area is 75.5 Å². The van der Waals surface area contributed by atoms with E-state index in [2.05, 4.69) is 23.1 Å². The van der Waals surface area contributed by atoms with E-state index in [4.69, 9.17) is 0 Å². The third-order valence-corrected chi connectivity index (χ3v) is 2.61. The maximum atomic E-state index is 4.34. The molecule has 12 heavy (non-hydrogen) atoms. The van der Waals surface area contributed by atoms with Gasteiger partial charge in [-0.15, -0.1) is 0 Å². The first-order chi connectivity index (χ1) is 5.79. The van der Waals surface area contributed by atoms with Crippen LogP contribution in [0, 0.1) is 0 Å². The zero-order valence-corrected chi connectivity index (χ0v) is 7.69. The van der Waals surface area contributed by atoms with Crippen LogP contribution in [0.25, 0.3) is 15.7 Å². The molecule has 2 rings (SSSR count). The summed E-state index contributed by atoms with van der Waals surface area (Å²) in [4.78, 5) is 0. The Hall–Kier alpha value is -1.15. The van der Waals surface area contributed by atoms with Crippen molar-refractivity contribution in [1.29, 1.82) is 0 Å². The van der Waals surface area contributed by atoms with Crippen molar-refractivity contribution in [3.05, 3.63) is 36.5 Å². The highest BCUT2D eigenvalue weighted by molar-refractivity contribution is 7.13. The summed E-state index contributed by atoms with van der Waals surface area (Å²) in [5.74, 6) is 0. The lowest BCUT2D eigenvalue weighted by Crippen LogP contribution is -1.75. The molecule has 0 aliphatic rings. The van der Waals surface area contributed by atoms with Crippen LogP contribution in [0.15, 0.2) is 30.8 Å². The van der Waals surface area contributed by atoms with Gasteiger partial charge in [-0.2, -0.15) is 4.37 Å². The first-order valence-corrected chi connectivity index (χ1v) is 4.56. The predicted octanol–water partition coefficient (Wildman–Crippen LogP) is 3.33. The molecule has 0 saturated heterocycles. The van der Waals surface area contributed by atoms with Crippen LogP contribution in [-0.2, 0) is 0 Å². The molecule has 0 aliphatic heterocycles. The van der Waals surface area contributed by atoms with Gasteiger partial charge in [-0.1, -0.05) is 24.8 Å². The number of nitrogens with zero attached hydrogens (tertiary/aromatic N) is 1. The van der Waals surface area contributed by atoms with Crippen molar-refractivity contribution in [2.45, 2.75) is 6.92 Å². The van der Waals surface area contributed by atoms with Gasteiger partial charge in [-0.3, -0.25) is 0 Å². The lowest BCUT2D eigenvalue weighted by atomic mass is 10.1. The Bertz CT molecular complexity index is 428. The zero-order chi connectivity index (χ0) is 8.55. The Morgan fingerprint density at radius 2 is 2.17 bits per heavy atom.